The first-order chi connectivity index (χ1) is 8.22. The van der Waals surface area contributed by atoms with E-state index in [9.17, 15) is 0 Å². The van der Waals surface area contributed by atoms with Crippen molar-refractivity contribution in [3.8, 4) is 0 Å². The molecule has 0 aromatic carbocycles. The van der Waals surface area contributed by atoms with Crippen molar-refractivity contribution in [3.63, 3.8) is 0 Å². The number of aromatic nitrogens is 3. The predicted molar refractivity (Wildman–Crippen MR) is 70.5 cm³/mol. The predicted octanol–water partition coefficient (Wildman–Crippen LogP) is 2.30. The summed E-state index contributed by atoms with van der Waals surface area (Å²) in [7, 11) is 0. The maximum atomic E-state index is 6.22. The molecule has 0 aliphatic rings. The Balaban J connectivity index is 2.20. The standard InChI is InChI=1S/C12H15BrN4/c1-2-17-12(10(13)8-16-17)11(14)7-9-5-3-4-6-15-9/h3-6,8,11H,2,7,14H2,1H3. The lowest BCUT2D eigenvalue weighted by atomic mass is 10.1. The summed E-state index contributed by atoms with van der Waals surface area (Å²) in [5.41, 5.74) is 8.24. The van der Waals surface area contributed by atoms with Gasteiger partial charge >= 0.3 is 0 Å². The fourth-order valence-electron chi connectivity index (χ4n) is 1.83. The number of pyridine rings is 1. The van der Waals surface area contributed by atoms with Crippen LogP contribution < -0.4 is 5.73 Å². The highest BCUT2D eigenvalue weighted by atomic mass is 79.9. The molecule has 1 unspecified atom stereocenters. The number of hydrogen-bond donors (Lipinski definition) is 1. The van der Waals surface area contributed by atoms with E-state index in [0.29, 0.717) is 6.42 Å². The third-order valence-corrected chi connectivity index (χ3v) is 3.25. The minimum absolute atomic E-state index is 0.0956. The van der Waals surface area contributed by atoms with Gasteiger partial charge in [-0.1, -0.05) is 6.07 Å². The van der Waals surface area contributed by atoms with E-state index in [-0.39, 0.29) is 6.04 Å². The highest BCUT2D eigenvalue weighted by molar-refractivity contribution is 9.10. The van der Waals surface area contributed by atoms with Crippen LogP contribution in [0.25, 0.3) is 0 Å². The quantitative estimate of drug-likeness (QED) is 0.941. The zero-order valence-electron chi connectivity index (χ0n) is 9.68. The SMILES string of the molecule is CCn1ncc(Br)c1C(N)Cc1ccccn1. The normalized spacial score (nSPS) is 12.6. The first-order valence-electron chi connectivity index (χ1n) is 5.59. The number of nitrogens with two attached hydrogens (primary N) is 1. The number of rotatable bonds is 4. The molecule has 17 heavy (non-hydrogen) atoms. The van der Waals surface area contributed by atoms with Crippen molar-refractivity contribution in [2.24, 2.45) is 5.73 Å². The summed E-state index contributed by atoms with van der Waals surface area (Å²) in [5, 5.41) is 4.27. The summed E-state index contributed by atoms with van der Waals surface area (Å²) < 4.78 is 2.88. The fraction of sp³-hybridized carbons (Fsp3) is 0.333. The average Bonchev–Trinajstić information content (AvgIpc) is 2.71. The lowest BCUT2D eigenvalue weighted by Gasteiger charge is -2.13. The third kappa shape index (κ3) is 2.73. The van der Waals surface area contributed by atoms with E-state index in [4.69, 9.17) is 5.73 Å². The van der Waals surface area contributed by atoms with Crippen molar-refractivity contribution < 1.29 is 0 Å². The molecule has 90 valence electrons. The van der Waals surface area contributed by atoms with Crippen LogP contribution in [-0.4, -0.2) is 14.8 Å². The molecule has 5 heteroatoms. The number of nitrogens with zero attached hydrogens (tertiary/aromatic N) is 3. The molecule has 2 heterocycles. The van der Waals surface area contributed by atoms with Gasteiger partial charge in [0.1, 0.15) is 0 Å². The van der Waals surface area contributed by atoms with Gasteiger partial charge in [-0.25, -0.2) is 0 Å². The van der Waals surface area contributed by atoms with Gasteiger partial charge in [-0.15, -0.1) is 0 Å². The molecule has 2 N–H and O–H groups in total. The van der Waals surface area contributed by atoms with Gasteiger partial charge in [0, 0.05) is 24.9 Å². The van der Waals surface area contributed by atoms with Gasteiger partial charge in [0.2, 0.25) is 0 Å². The molecule has 0 aliphatic heterocycles. The average molecular weight is 295 g/mol. The molecule has 0 amide bonds. The lowest BCUT2D eigenvalue weighted by molar-refractivity contribution is 0.563. The Labute approximate surface area is 109 Å². The lowest BCUT2D eigenvalue weighted by Crippen LogP contribution is -2.19. The Bertz CT molecular complexity index is 481. The maximum absolute atomic E-state index is 6.22. The molecule has 2 aromatic rings. The van der Waals surface area contributed by atoms with Crippen LogP contribution in [0.1, 0.15) is 24.4 Å². The Morgan fingerprint density at radius 2 is 2.29 bits per heavy atom. The Kier molecular flexibility index (Phi) is 3.91. The topological polar surface area (TPSA) is 56.7 Å². The summed E-state index contributed by atoms with van der Waals surface area (Å²) >= 11 is 3.49. The van der Waals surface area contributed by atoms with Crippen LogP contribution >= 0.6 is 15.9 Å². The number of hydrogen-bond acceptors (Lipinski definition) is 3. The van der Waals surface area contributed by atoms with Crippen LogP contribution in [-0.2, 0) is 13.0 Å². The van der Waals surface area contributed by atoms with Crippen molar-refractivity contribution in [1.82, 2.24) is 14.8 Å². The second kappa shape index (κ2) is 5.42. The summed E-state index contributed by atoms with van der Waals surface area (Å²) in [6.45, 7) is 2.87. The third-order valence-electron chi connectivity index (χ3n) is 2.64. The van der Waals surface area contributed by atoms with E-state index in [1.165, 1.54) is 0 Å². The first kappa shape index (κ1) is 12.3. The van der Waals surface area contributed by atoms with Gasteiger partial charge in [-0.05, 0) is 35.0 Å². The van der Waals surface area contributed by atoms with Crippen LogP contribution in [0.4, 0.5) is 0 Å². The Hall–Kier alpha value is -1.20. The Morgan fingerprint density at radius 3 is 2.94 bits per heavy atom. The van der Waals surface area contributed by atoms with E-state index in [1.807, 2.05) is 22.9 Å². The van der Waals surface area contributed by atoms with Crippen LogP contribution in [0, 0.1) is 0 Å². The van der Waals surface area contributed by atoms with Gasteiger partial charge in [0.05, 0.1) is 22.4 Å². The number of halogens is 1. The summed E-state index contributed by atoms with van der Waals surface area (Å²) in [6, 6.07) is 5.77. The van der Waals surface area contributed by atoms with E-state index in [2.05, 4.69) is 32.9 Å². The molecule has 2 rings (SSSR count). The van der Waals surface area contributed by atoms with E-state index in [1.54, 1.807) is 12.4 Å². The van der Waals surface area contributed by atoms with Gasteiger partial charge in [-0.3, -0.25) is 9.67 Å². The van der Waals surface area contributed by atoms with Crippen molar-refractivity contribution in [2.75, 3.05) is 0 Å². The van der Waals surface area contributed by atoms with E-state index >= 15 is 0 Å². The molecule has 0 spiro atoms. The van der Waals surface area contributed by atoms with Crippen LogP contribution in [0.15, 0.2) is 35.1 Å². The van der Waals surface area contributed by atoms with Crippen molar-refractivity contribution in [3.05, 3.63) is 46.5 Å². The molecule has 0 bridgehead atoms. The fourth-order valence-corrected chi connectivity index (χ4v) is 2.42. The number of aryl methyl sites for hydroxylation is 1. The van der Waals surface area contributed by atoms with Crippen molar-refractivity contribution in [1.29, 1.82) is 0 Å². The minimum Gasteiger partial charge on any atom is -0.322 e. The van der Waals surface area contributed by atoms with E-state index < -0.39 is 0 Å². The molecular formula is C12H15BrN4. The monoisotopic (exact) mass is 294 g/mol. The van der Waals surface area contributed by atoms with Gasteiger partial charge < -0.3 is 5.73 Å². The highest BCUT2D eigenvalue weighted by Gasteiger charge is 2.16. The smallest absolute Gasteiger partial charge is 0.0697 e. The van der Waals surface area contributed by atoms with Crippen molar-refractivity contribution >= 4 is 15.9 Å². The van der Waals surface area contributed by atoms with Crippen LogP contribution in [0.5, 0.6) is 0 Å². The summed E-state index contributed by atoms with van der Waals surface area (Å²) in [4.78, 5) is 4.29. The van der Waals surface area contributed by atoms with Crippen molar-refractivity contribution in [2.45, 2.75) is 25.9 Å². The first-order valence-corrected chi connectivity index (χ1v) is 6.38. The zero-order valence-corrected chi connectivity index (χ0v) is 11.3. The molecule has 1 atom stereocenters. The molecular weight excluding hydrogens is 280 g/mol. The largest absolute Gasteiger partial charge is 0.322 e. The molecule has 0 aliphatic carbocycles. The summed E-state index contributed by atoms with van der Waals surface area (Å²) in [6.07, 6.45) is 4.29. The molecule has 2 aromatic heterocycles. The second-order valence-electron chi connectivity index (χ2n) is 3.83. The molecule has 0 saturated carbocycles. The van der Waals surface area contributed by atoms with Gasteiger partial charge in [0.15, 0.2) is 0 Å². The summed E-state index contributed by atoms with van der Waals surface area (Å²) in [5.74, 6) is 0. The van der Waals surface area contributed by atoms with E-state index in [0.717, 1.165) is 22.4 Å². The van der Waals surface area contributed by atoms with Gasteiger partial charge in [0.25, 0.3) is 0 Å². The second-order valence-corrected chi connectivity index (χ2v) is 4.68. The highest BCUT2D eigenvalue weighted by Crippen LogP contribution is 2.23. The van der Waals surface area contributed by atoms with Crippen LogP contribution in [0.2, 0.25) is 0 Å². The van der Waals surface area contributed by atoms with Gasteiger partial charge in [-0.2, -0.15) is 5.10 Å². The minimum atomic E-state index is -0.0956. The molecule has 0 fully saturated rings. The molecule has 4 nitrogen and oxygen atoms in total. The maximum Gasteiger partial charge on any atom is 0.0697 e. The zero-order chi connectivity index (χ0) is 12.3. The molecule has 0 radical (unpaired) electrons. The Morgan fingerprint density at radius 1 is 1.47 bits per heavy atom. The molecule has 0 saturated heterocycles. The van der Waals surface area contributed by atoms with Crippen LogP contribution in [0.3, 0.4) is 0 Å².